The van der Waals surface area contributed by atoms with Crippen molar-refractivity contribution in [3.63, 3.8) is 0 Å². The van der Waals surface area contributed by atoms with Crippen LogP contribution in [0.4, 0.5) is 13.2 Å². The zero-order valence-corrected chi connectivity index (χ0v) is 17.3. The van der Waals surface area contributed by atoms with E-state index in [0.717, 1.165) is 26.0 Å². The van der Waals surface area contributed by atoms with Crippen LogP contribution >= 0.6 is 0 Å². The minimum absolute atomic E-state index is 0.0202. The SMILES string of the molecule is CCN(Cc1ccccc1-c1cc(CC(=O)O)cc(C(F)(F)F)c1OC)C(=O)C1CC1. The number of carbonyl (C=O) groups excluding carboxylic acids is 1. The zero-order chi connectivity index (χ0) is 22.8. The number of hydrogen-bond acceptors (Lipinski definition) is 3. The molecule has 2 aromatic rings. The first-order valence-corrected chi connectivity index (χ1v) is 10.0. The number of amides is 1. The first-order chi connectivity index (χ1) is 14.7. The molecule has 1 N–H and O–H groups in total. The fourth-order valence-corrected chi connectivity index (χ4v) is 3.66. The number of aliphatic carboxylic acids is 1. The lowest BCUT2D eigenvalue weighted by atomic mass is 9.93. The van der Waals surface area contributed by atoms with Crippen LogP contribution in [-0.2, 0) is 28.7 Å². The van der Waals surface area contributed by atoms with Gasteiger partial charge in [-0.1, -0.05) is 24.3 Å². The summed E-state index contributed by atoms with van der Waals surface area (Å²) in [6.07, 6.45) is -3.56. The van der Waals surface area contributed by atoms with Crippen LogP contribution in [0.2, 0.25) is 0 Å². The van der Waals surface area contributed by atoms with E-state index in [1.807, 2.05) is 6.92 Å². The van der Waals surface area contributed by atoms with Crippen molar-refractivity contribution in [1.29, 1.82) is 0 Å². The Kier molecular flexibility index (Phi) is 6.57. The highest BCUT2D eigenvalue weighted by Gasteiger charge is 2.37. The van der Waals surface area contributed by atoms with Crippen molar-refractivity contribution in [1.82, 2.24) is 4.90 Å². The summed E-state index contributed by atoms with van der Waals surface area (Å²) in [5.41, 5.74) is 0.280. The van der Waals surface area contributed by atoms with Gasteiger partial charge in [0.15, 0.2) is 0 Å². The summed E-state index contributed by atoms with van der Waals surface area (Å²) in [5, 5.41) is 9.12. The normalized spacial score (nSPS) is 13.7. The van der Waals surface area contributed by atoms with Gasteiger partial charge < -0.3 is 14.7 Å². The molecule has 1 saturated carbocycles. The van der Waals surface area contributed by atoms with E-state index in [2.05, 4.69) is 0 Å². The van der Waals surface area contributed by atoms with Gasteiger partial charge in [0.25, 0.3) is 0 Å². The van der Waals surface area contributed by atoms with Crippen LogP contribution in [0.15, 0.2) is 36.4 Å². The van der Waals surface area contributed by atoms with E-state index in [9.17, 15) is 22.8 Å². The molecule has 1 amide bonds. The molecular weight excluding hydrogens is 411 g/mol. The lowest BCUT2D eigenvalue weighted by Gasteiger charge is -2.24. The molecule has 0 saturated heterocycles. The molecule has 0 spiro atoms. The van der Waals surface area contributed by atoms with Crippen molar-refractivity contribution >= 4 is 11.9 Å². The third kappa shape index (κ3) is 5.18. The number of hydrogen-bond donors (Lipinski definition) is 1. The van der Waals surface area contributed by atoms with Crippen molar-refractivity contribution < 1.29 is 32.6 Å². The van der Waals surface area contributed by atoms with Crippen LogP contribution in [0.3, 0.4) is 0 Å². The summed E-state index contributed by atoms with van der Waals surface area (Å²) in [6.45, 7) is 2.59. The summed E-state index contributed by atoms with van der Waals surface area (Å²) in [5.74, 6) is -1.53. The van der Waals surface area contributed by atoms with E-state index in [1.165, 1.54) is 6.07 Å². The average Bonchev–Trinajstić information content (AvgIpc) is 3.55. The third-order valence-electron chi connectivity index (χ3n) is 5.30. The summed E-state index contributed by atoms with van der Waals surface area (Å²) in [7, 11) is 1.16. The molecule has 0 radical (unpaired) electrons. The van der Waals surface area contributed by atoms with Gasteiger partial charge in [0.2, 0.25) is 5.91 Å². The Morgan fingerprint density at radius 3 is 2.39 bits per heavy atom. The molecule has 0 bridgehead atoms. The second-order valence-electron chi connectivity index (χ2n) is 7.58. The second-order valence-corrected chi connectivity index (χ2v) is 7.58. The predicted octanol–water partition coefficient (Wildman–Crippen LogP) is 4.77. The highest BCUT2D eigenvalue weighted by Crippen LogP contribution is 2.44. The molecular formula is C23H24F3NO4. The predicted molar refractivity (Wildman–Crippen MR) is 109 cm³/mol. The maximum Gasteiger partial charge on any atom is 0.419 e. The Labute approximate surface area is 178 Å². The summed E-state index contributed by atoms with van der Waals surface area (Å²) in [4.78, 5) is 25.4. The van der Waals surface area contributed by atoms with E-state index in [1.54, 1.807) is 29.2 Å². The van der Waals surface area contributed by atoms with Crippen molar-refractivity contribution in [2.75, 3.05) is 13.7 Å². The van der Waals surface area contributed by atoms with Gasteiger partial charge in [-0.05, 0) is 48.6 Å². The number of rotatable bonds is 8. The Morgan fingerprint density at radius 2 is 1.84 bits per heavy atom. The number of carboxylic acid groups (broad SMARTS) is 1. The minimum Gasteiger partial charge on any atom is -0.495 e. The highest BCUT2D eigenvalue weighted by molar-refractivity contribution is 5.82. The van der Waals surface area contributed by atoms with Gasteiger partial charge >= 0.3 is 12.1 Å². The number of nitrogens with zero attached hydrogens (tertiary/aromatic N) is 1. The third-order valence-corrected chi connectivity index (χ3v) is 5.30. The van der Waals surface area contributed by atoms with Gasteiger partial charge in [-0.25, -0.2) is 0 Å². The zero-order valence-electron chi connectivity index (χ0n) is 17.3. The molecule has 1 fully saturated rings. The van der Waals surface area contributed by atoms with Gasteiger partial charge in [-0.2, -0.15) is 13.2 Å². The van der Waals surface area contributed by atoms with E-state index in [4.69, 9.17) is 9.84 Å². The van der Waals surface area contributed by atoms with Crippen molar-refractivity contribution in [3.05, 3.63) is 53.1 Å². The highest BCUT2D eigenvalue weighted by atomic mass is 19.4. The van der Waals surface area contributed by atoms with Crippen molar-refractivity contribution in [2.45, 2.75) is 38.9 Å². The number of benzene rings is 2. The van der Waals surface area contributed by atoms with Crippen LogP contribution < -0.4 is 4.74 Å². The van der Waals surface area contributed by atoms with Crippen LogP contribution in [0.5, 0.6) is 5.75 Å². The Bertz CT molecular complexity index is 983. The van der Waals surface area contributed by atoms with E-state index in [0.29, 0.717) is 17.7 Å². The molecule has 1 aliphatic rings. The summed E-state index contributed by atoms with van der Waals surface area (Å²) >= 11 is 0. The maximum absolute atomic E-state index is 13.7. The van der Waals surface area contributed by atoms with E-state index >= 15 is 0 Å². The molecule has 0 aliphatic heterocycles. The molecule has 2 aromatic carbocycles. The fraction of sp³-hybridized carbons (Fsp3) is 0.391. The number of ether oxygens (including phenoxy) is 1. The van der Waals surface area contributed by atoms with Crippen LogP contribution in [0.1, 0.15) is 36.5 Å². The van der Waals surface area contributed by atoms with Gasteiger partial charge in [0.1, 0.15) is 5.75 Å². The first-order valence-electron chi connectivity index (χ1n) is 10.0. The van der Waals surface area contributed by atoms with Crippen molar-refractivity contribution in [3.8, 4) is 16.9 Å². The number of alkyl halides is 3. The summed E-state index contributed by atoms with van der Waals surface area (Å²) < 4.78 is 46.4. The molecule has 1 aliphatic carbocycles. The number of methoxy groups -OCH3 is 1. The molecule has 5 nitrogen and oxygen atoms in total. The Hall–Kier alpha value is -3.03. The van der Waals surface area contributed by atoms with E-state index in [-0.39, 0.29) is 35.2 Å². The topological polar surface area (TPSA) is 66.8 Å². The van der Waals surface area contributed by atoms with E-state index < -0.39 is 24.1 Å². The Morgan fingerprint density at radius 1 is 1.16 bits per heavy atom. The van der Waals surface area contributed by atoms with Gasteiger partial charge in [0.05, 0.1) is 19.1 Å². The fourth-order valence-electron chi connectivity index (χ4n) is 3.66. The Balaban J connectivity index is 2.13. The quantitative estimate of drug-likeness (QED) is 0.649. The molecule has 166 valence electrons. The molecule has 3 rings (SSSR count). The minimum atomic E-state index is -4.72. The molecule has 31 heavy (non-hydrogen) atoms. The molecule has 8 heteroatoms. The number of carboxylic acids is 1. The number of halogens is 3. The number of carbonyl (C=O) groups is 2. The standard InChI is InChI=1S/C23H24F3NO4/c1-3-27(22(30)15-8-9-15)13-16-6-4-5-7-17(16)18-10-14(12-20(28)29)11-19(21(18)31-2)23(24,25)26/h4-7,10-11,15H,3,8-9,12-13H2,1-2H3,(H,28,29). The lowest BCUT2D eigenvalue weighted by molar-refractivity contribution is -0.139. The smallest absolute Gasteiger partial charge is 0.419 e. The van der Waals surface area contributed by atoms with Crippen LogP contribution in [0, 0.1) is 5.92 Å². The molecule has 0 atom stereocenters. The van der Waals surface area contributed by atoms with Gasteiger partial charge in [0, 0.05) is 24.6 Å². The monoisotopic (exact) mass is 435 g/mol. The van der Waals surface area contributed by atoms with Gasteiger partial charge in [-0.15, -0.1) is 0 Å². The molecule has 0 aromatic heterocycles. The van der Waals surface area contributed by atoms with Crippen LogP contribution in [-0.4, -0.2) is 35.5 Å². The molecule has 0 heterocycles. The van der Waals surface area contributed by atoms with Gasteiger partial charge in [-0.3, -0.25) is 9.59 Å². The first kappa shape index (κ1) is 22.7. The summed E-state index contributed by atoms with van der Waals surface area (Å²) in [6, 6.07) is 9.09. The largest absolute Gasteiger partial charge is 0.495 e. The maximum atomic E-state index is 13.7. The van der Waals surface area contributed by atoms with Crippen molar-refractivity contribution in [2.24, 2.45) is 5.92 Å². The molecule has 0 unspecified atom stereocenters. The average molecular weight is 435 g/mol. The van der Waals surface area contributed by atoms with Crippen LogP contribution in [0.25, 0.3) is 11.1 Å². The lowest BCUT2D eigenvalue weighted by Crippen LogP contribution is -2.31. The second kappa shape index (κ2) is 8.99.